The summed E-state index contributed by atoms with van der Waals surface area (Å²) < 4.78 is 0. The fourth-order valence-corrected chi connectivity index (χ4v) is 8.10. The number of hydrogen-bond donors (Lipinski definition) is 3. The number of carboxylic acid groups (broad SMARTS) is 1. The van der Waals surface area contributed by atoms with Crippen LogP contribution in [0.4, 0.5) is 5.13 Å². The Hall–Kier alpha value is -4.65. The molecule has 3 heterocycles. The van der Waals surface area contributed by atoms with Crippen molar-refractivity contribution in [1.29, 1.82) is 0 Å². The van der Waals surface area contributed by atoms with Crippen molar-refractivity contribution in [3.8, 4) is 0 Å². The van der Waals surface area contributed by atoms with Crippen molar-refractivity contribution in [2.24, 2.45) is 5.16 Å². The number of thioether (sulfide) groups is 1. The highest BCUT2D eigenvalue weighted by molar-refractivity contribution is 8.00. The molecule has 1 aromatic heterocycles. The van der Waals surface area contributed by atoms with Gasteiger partial charge in [-0.1, -0.05) is 96.2 Å². The lowest BCUT2D eigenvalue weighted by molar-refractivity contribution is -0.150. The van der Waals surface area contributed by atoms with Gasteiger partial charge in [0.05, 0.1) is 0 Å². The smallest absolute Gasteiger partial charge is 0.352 e. The Morgan fingerprint density at radius 3 is 2.09 bits per heavy atom. The molecule has 46 heavy (non-hydrogen) atoms. The summed E-state index contributed by atoms with van der Waals surface area (Å²) >= 11 is 8.56. The maximum atomic E-state index is 13.5. The van der Waals surface area contributed by atoms with Gasteiger partial charge < -0.3 is 20.6 Å². The SMILES string of the molecule is CO/N=C(\C(=O)NC1C(=O)N2C(C(=O)O)=C(CCl)CS[C@H]12)c1csc(NC(c2ccccc2)(c2ccccc2)c2ccccc2)n1. The van der Waals surface area contributed by atoms with Crippen molar-refractivity contribution < 1.29 is 24.3 Å². The van der Waals surface area contributed by atoms with E-state index in [1.165, 1.54) is 35.1 Å². The number of halogens is 1. The van der Waals surface area contributed by atoms with Gasteiger partial charge in [0, 0.05) is 17.0 Å². The van der Waals surface area contributed by atoms with Crippen LogP contribution in [0.25, 0.3) is 0 Å². The minimum absolute atomic E-state index is 0.00684. The fourth-order valence-electron chi connectivity index (χ4n) is 5.67. The van der Waals surface area contributed by atoms with E-state index in [2.05, 4.69) is 52.2 Å². The van der Waals surface area contributed by atoms with E-state index in [-0.39, 0.29) is 23.0 Å². The summed E-state index contributed by atoms with van der Waals surface area (Å²) in [6.45, 7) is 0. The number of benzene rings is 3. The monoisotopic (exact) mass is 673 g/mol. The molecule has 1 fully saturated rings. The second-order valence-corrected chi connectivity index (χ2v) is 12.6. The number of aromatic nitrogens is 1. The number of carboxylic acids is 1. The first-order valence-corrected chi connectivity index (χ1v) is 16.6. The second-order valence-electron chi connectivity index (χ2n) is 10.4. The number of amides is 2. The molecule has 3 N–H and O–H groups in total. The largest absolute Gasteiger partial charge is 0.477 e. The minimum atomic E-state index is -1.24. The molecule has 0 radical (unpaired) electrons. The molecule has 6 rings (SSSR count). The average molecular weight is 674 g/mol. The molecule has 1 unspecified atom stereocenters. The van der Waals surface area contributed by atoms with Gasteiger partial charge in [0.1, 0.15) is 35.5 Å². The summed E-state index contributed by atoms with van der Waals surface area (Å²) in [7, 11) is 1.31. The molecule has 234 valence electrons. The Morgan fingerprint density at radius 2 is 1.59 bits per heavy atom. The molecule has 0 spiro atoms. The number of nitrogens with one attached hydrogen (secondary N) is 2. The number of oxime groups is 1. The Balaban J connectivity index is 1.30. The van der Waals surface area contributed by atoms with Crippen LogP contribution in [0.2, 0.25) is 0 Å². The number of aliphatic carboxylic acids is 1. The number of carbonyl (C=O) groups is 3. The highest BCUT2D eigenvalue weighted by Crippen LogP contribution is 2.42. The predicted molar refractivity (Wildman–Crippen MR) is 179 cm³/mol. The molecule has 0 bridgehead atoms. The van der Waals surface area contributed by atoms with Gasteiger partial charge in [0.15, 0.2) is 10.8 Å². The van der Waals surface area contributed by atoms with E-state index in [1.807, 2.05) is 54.6 Å². The number of fused-ring (bicyclic) bond motifs is 1. The summed E-state index contributed by atoms with van der Waals surface area (Å²) in [5, 5.41) is 21.7. The first-order chi connectivity index (χ1) is 22.4. The molecule has 3 aromatic carbocycles. The van der Waals surface area contributed by atoms with Crippen LogP contribution in [0.3, 0.4) is 0 Å². The van der Waals surface area contributed by atoms with E-state index >= 15 is 0 Å². The number of anilines is 1. The number of nitrogens with zero attached hydrogens (tertiary/aromatic N) is 3. The third kappa shape index (κ3) is 5.63. The van der Waals surface area contributed by atoms with E-state index in [0.717, 1.165) is 16.7 Å². The van der Waals surface area contributed by atoms with E-state index in [0.29, 0.717) is 16.5 Å². The Bertz CT molecular complexity index is 1720. The number of rotatable bonds is 11. The summed E-state index contributed by atoms with van der Waals surface area (Å²) in [6, 6.07) is 29.1. The molecule has 10 nitrogen and oxygen atoms in total. The molecule has 2 amide bonds. The van der Waals surface area contributed by atoms with Gasteiger partial charge in [-0.25, -0.2) is 9.78 Å². The fraction of sp³-hybridized carbons (Fsp3) is 0.182. The molecule has 2 atom stereocenters. The van der Waals surface area contributed by atoms with Crippen LogP contribution >= 0.6 is 34.7 Å². The zero-order valence-corrected chi connectivity index (χ0v) is 26.8. The number of alkyl halides is 1. The third-order valence-corrected chi connectivity index (χ3v) is 10.2. The van der Waals surface area contributed by atoms with Crippen molar-refractivity contribution in [3.63, 3.8) is 0 Å². The van der Waals surface area contributed by atoms with Crippen molar-refractivity contribution >= 4 is 63.3 Å². The number of β-lactam (4-membered cyclic amide) rings is 1. The van der Waals surface area contributed by atoms with Gasteiger partial charge >= 0.3 is 5.97 Å². The van der Waals surface area contributed by atoms with Crippen molar-refractivity contribution in [3.05, 3.63) is 130 Å². The summed E-state index contributed by atoms with van der Waals surface area (Å²) in [5.74, 6) is -2.13. The van der Waals surface area contributed by atoms with Gasteiger partial charge in [-0.05, 0) is 22.3 Å². The van der Waals surface area contributed by atoms with Gasteiger partial charge in [0.25, 0.3) is 11.8 Å². The highest BCUT2D eigenvalue weighted by Gasteiger charge is 2.54. The van der Waals surface area contributed by atoms with Crippen LogP contribution in [-0.2, 0) is 24.8 Å². The van der Waals surface area contributed by atoms with Crippen molar-refractivity contribution in [2.75, 3.05) is 24.1 Å². The second kappa shape index (κ2) is 13.4. The van der Waals surface area contributed by atoms with Crippen LogP contribution in [0.1, 0.15) is 22.4 Å². The first kappa shape index (κ1) is 31.3. The quantitative estimate of drug-likeness (QED) is 0.0675. The number of thiazole rings is 1. The lowest BCUT2D eigenvalue weighted by Gasteiger charge is -2.49. The maximum absolute atomic E-state index is 13.5. The van der Waals surface area contributed by atoms with Crippen molar-refractivity contribution in [1.82, 2.24) is 15.2 Å². The summed E-state index contributed by atoms with van der Waals surface area (Å²) in [6.07, 6.45) is 0. The first-order valence-electron chi connectivity index (χ1n) is 14.2. The molecule has 4 aromatic rings. The molecular weight excluding hydrogens is 646 g/mol. The Kier molecular flexibility index (Phi) is 9.11. The van der Waals surface area contributed by atoms with E-state index in [4.69, 9.17) is 21.4 Å². The minimum Gasteiger partial charge on any atom is -0.477 e. The predicted octanol–water partition coefficient (Wildman–Crippen LogP) is 4.88. The molecule has 2 aliphatic rings. The molecule has 0 saturated carbocycles. The van der Waals surface area contributed by atoms with Gasteiger partial charge in [-0.15, -0.1) is 34.7 Å². The zero-order valence-electron chi connectivity index (χ0n) is 24.4. The van der Waals surface area contributed by atoms with Crippen LogP contribution in [0.5, 0.6) is 0 Å². The Labute approximate surface area is 278 Å². The molecule has 1 saturated heterocycles. The summed E-state index contributed by atoms with van der Waals surface area (Å²) in [4.78, 5) is 49.4. The lowest BCUT2D eigenvalue weighted by atomic mass is 9.77. The van der Waals surface area contributed by atoms with Crippen LogP contribution < -0.4 is 10.6 Å². The lowest BCUT2D eigenvalue weighted by Crippen LogP contribution is -2.71. The maximum Gasteiger partial charge on any atom is 0.352 e. The van der Waals surface area contributed by atoms with Gasteiger partial charge in [0.2, 0.25) is 0 Å². The van der Waals surface area contributed by atoms with E-state index in [9.17, 15) is 19.5 Å². The molecule has 2 aliphatic heterocycles. The molecular formula is C33H28ClN5O5S2. The van der Waals surface area contributed by atoms with Crippen LogP contribution in [-0.4, -0.2) is 68.6 Å². The van der Waals surface area contributed by atoms with E-state index in [1.54, 1.807) is 5.38 Å². The highest BCUT2D eigenvalue weighted by atomic mass is 35.5. The third-order valence-electron chi connectivity index (χ3n) is 7.76. The standard InChI is InChI=1S/C33H28ClN5O5S2/c1-44-38-25(28(40)36-26-29(41)39-27(31(42)43)20(17-34)18-45-30(26)39)24-19-46-32(35-24)37-33(21-11-5-2-6-12-21,22-13-7-3-8-14-22)23-15-9-4-10-16-23/h2-16,19,26,30H,17-18H2,1H3,(H,35,37)(H,36,40)(H,42,43)/b38-25-/t26?,30-/m1/s1. The molecule has 13 heteroatoms. The van der Waals surface area contributed by atoms with E-state index < -0.39 is 34.7 Å². The number of carbonyl (C=O) groups excluding carboxylic acids is 2. The summed E-state index contributed by atoms with van der Waals surface area (Å²) in [5.41, 5.74) is 2.55. The van der Waals surface area contributed by atoms with Crippen LogP contribution in [0.15, 0.2) is 113 Å². The van der Waals surface area contributed by atoms with Crippen molar-refractivity contribution in [2.45, 2.75) is 17.0 Å². The van der Waals surface area contributed by atoms with Gasteiger partial charge in [-0.3, -0.25) is 14.5 Å². The topological polar surface area (TPSA) is 133 Å². The average Bonchev–Trinajstić information content (AvgIpc) is 3.56. The van der Waals surface area contributed by atoms with Crippen LogP contribution in [0, 0.1) is 0 Å². The Morgan fingerprint density at radius 1 is 1.02 bits per heavy atom. The van der Waals surface area contributed by atoms with Gasteiger partial charge in [-0.2, -0.15) is 0 Å². The zero-order chi connectivity index (χ0) is 32.3. The normalized spacial score (nSPS) is 18.0. The number of hydrogen-bond acceptors (Lipinski definition) is 9. The molecule has 0 aliphatic carbocycles.